The summed E-state index contributed by atoms with van der Waals surface area (Å²) in [6.45, 7) is 3.81. The standard InChI is InChI=1S/C23H27FN2O5S/c1-3-31-23(28)25-22(21(27)18-8-4-16(2)5-9-18)26(20-12-13-32(29,30)15-20)14-17-6-10-19(24)11-7-17/h4-11,20,22H,3,12-15H2,1-2H3,(H,25,28)/t20-,22+/m0/s1. The molecule has 0 aliphatic carbocycles. The van der Waals surface area contributed by atoms with E-state index in [2.05, 4.69) is 5.32 Å². The lowest BCUT2D eigenvalue weighted by molar-refractivity contribution is 0.0619. The summed E-state index contributed by atoms with van der Waals surface area (Å²) in [5.41, 5.74) is 2.03. The van der Waals surface area contributed by atoms with Gasteiger partial charge in [0.05, 0.1) is 18.1 Å². The molecular formula is C23H27FN2O5S. The van der Waals surface area contributed by atoms with Gasteiger partial charge >= 0.3 is 6.09 Å². The number of nitrogens with one attached hydrogen (secondary N) is 1. The average Bonchev–Trinajstić information content (AvgIpc) is 3.11. The number of Topliss-reactive ketones (excluding diaryl/α,β-unsaturated/α-hetero) is 1. The molecule has 32 heavy (non-hydrogen) atoms. The highest BCUT2D eigenvalue weighted by Gasteiger charge is 2.39. The van der Waals surface area contributed by atoms with Crippen molar-refractivity contribution < 1.29 is 27.1 Å². The Labute approximate surface area is 187 Å². The van der Waals surface area contributed by atoms with Crippen molar-refractivity contribution in [3.63, 3.8) is 0 Å². The Kier molecular flexibility index (Phi) is 7.63. The number of amides is 1. The van der Waals surface area contributed by atoms with Gasteiger partial charge in [-0.15, -0.1) is 0 Å². The van der Waals surface area contributed by atoms with Gasteiger partial charge in [0.1, 0.15) is 5.82 Å². The lowest BCUT2D eigenvalue weighted by atomic mass is 10.0. The molecule has 1 amide bonds. The van der Waals surface area contributed by atoms with Gasteiger partial charge in [-0.2, -0.15) is 0 Å². The van der Waals surface area contributed by atoms with Crippen molar-refractivity contribution in [2.45, 2.75) is 39.0 Å². The number of hydrogen-bond acceptors (Lipinski definition) is 6. The number of carbonyl (C=O) groups excluding carboxylic acids is 2. The lowest BCUT2D eigenvalue weighted by Crippen LogP contribution is -2.56. The van der Waals surface area contributed by atoms with E-state index in [1.807, 2.05) is 6.92 Å². The van der Waals surface area contributed by atoms with E-state index in [-0.39, 0.29) is 30.4 Å². The van der Waals surface area contributed by atoms with Crippen LogP contribution in [-0.4, -0.2) is 55.5 Å². The second kappa shape index (κ2) is 10.2. The van der Waals surface area contributed by atoms with Crippen molar-refractivity contribution in [1.82, 2.24) is 10.2 Å². The summed E-state index contributed by atoms with van der Waals surface area (Å²) < 4.78 is 42.8. The molecule has 0 radical (unpaired) electrons. The van der Waals surface area contributed by atoms with Crippen LogP contribution in [0.2, 0.25) is 0 Å². The number of ketones is 1. The second-order valence-corrected chi connectivity index (χ2v) is 10.1. The van der Waals surface area contributed by atoms with Crippen LogP contribution in [0.1, 0.15) is 34.8 Å². The van der Waals surface area contributed by atoms with Gasteiger partial charge in [0.15, 0.2) is 21.8 Å². The Morgan fingerprint density at radius 2 is 1.81 bits per heavy atom. The number of hydrogen-bond donors (Lipinski definition) is 1. The fourth-order valence-electron chi connectivity index (χ4n) is 3.73. The lowest BCUT2D eigenvalue weighted by Gasteiger charge is -2.35. The van der Waals surface area contributed by atoms with E-state index in [1.54, 1.807) is 48.2 Å². The topological polar surface area (TPSA) is 92.8 Å². The summed E-state index contributed by atoms with van der Waals surface area (Å²) in [6, 6.07) is 12.2. The number of rotatable bonds is 8. The maximum Gasteiger partial charge on any atom is 0.408 e. The number of ether oxygens (including phenoxy) is 1. The molecule has 0 bridgehead atoms. The maximum atomic E-state index is 13.5. The number of carbonyl (C=O) groups is 2. The normalized spacial score (nSPS) is 18.3. The first-order chi connectivity index (χ1) is 15.2. The largest absolute Gasteiger partial charge is 0.450 e. The molecule has 0 spiro atoms. The molecule has 172 valence electrons. The number of aryl methyl sites for hydroxylation is 1. The van der Waals surface area contributed by atoms with Crippen molar-refractivity contribution in [3.05, 3.63) is 71.0 Å². The molecule has 2 aromatic rings. The molecule has 9 heteroatoms. The monoisotopic (exact) mass is 462 g/mol. The van der Waals surface area contributed by atoms with E-state index in [0.717, 1.165) is 5.56 Å². The van der Waals surface area contributed by atoms with Crippen molar-refractivity contribution in [2.24, 2.45) is 0 Å². The molecule has 0 unspecified atom stereocenters. The van der Waals surface area contributed by atoms with E-state index >= 15 is 0 Å². The Morgan fingerprint density at radius 3 is 2.38 bits per heavy atom. The molecule has 1 heterocycles. The molecule has 2 aromatic carbocycles. The van der Waals surface area contributed by atoms with Gasteiger partial charge in [0.2, 0.25) is 0 Å². The van der Waals surface area contributed by atoms with Crippen LogP contribution in [0.25, 0.3) is 0 Å². The summed E-state index contributed by atoms with van der Waals surface area (Å²) in [7, 11) is -3.26. The first kappa shape index (κ1) is 23.9. The minimum atomic E-state index is -3.26. The number of nitrogens with zero attached hydrogens (tertiary/aromatic N) is 1. The van der Waals surface area contributed by atoms with E-state index < -0.39 is 34.0 Å². The second-order valence-electron chi connectivity index (χ2n) is 7.85. The molecule has 1 N–H and O–H groups in total. The van der Waals surface area contributed by atoms with Gasteiger partial charge in [-0.25, -0.2) is 17.6 Å². The summed E-state index contributed by atoms with van der Waals surface area (Å²) in [6.07, 6.45) is -1.60. The zero-order valence-corrected chi connectivity index (χ0v) is 18.9. The Morgan fingerprint density at radius 1 is 1.16 bits per heavy atom. The molecule has 1 aliphatic rings. The quantitative estimate of drug-likeness (QED) is 0.479. The van der Waals surface area contributed by atoms with Crippen LogP contribution < -0.4 is 5.32 Å². The van der Waals surface area contributed by atoms with Gasteiger partial charge in [-0.05, 0) is 38.0 Å². The van der Waals surface area contributed by atoms with Gasteiger partial charge in [-0.3, -0.25) is 15.0 Å². The van der Waals surface area contributed by atoms with Gasteiger partial charge < -0.3 is 4.74 Å². The third-order valence-corrected chi connectivity index (χ3v) is 7.15. The number of benzene rings is 2. The molecule has 1 aliphatic heterocycles. The smallest absolute Gasteiger partial charge is 0.408 e. The third-order valence-electron chi connectivity index (χ3n) is 5.40. The highest BCUT2D eigenvalue weighted by molar-refractivity contribution is 7.91. The van der Waals surface area contributed by atoms with Crippen LogP contribution in [-0.2, 0) is 21.1 Å². The Hall–Kier alpha value is -2.78. The molecule has 0 saturated carbocycles. The molecule has 2 atom stereocenters. The molecule has 1 saturated heterocycles. The number of alkyl carbamates (subject to hydrolysis) is 1. The van der Waals surface area contributed by atoms with Crippen molar-refractivity contribution in [1.29, 1.82) is 0 Å². The average molecular weight is 463 g/mol. The summed E-state index contributed by atoms with van der Waals surface area (Å²) in [5, 5.41) is 2.61. The molecule has 0 aromatic heterocycles. The predicted octanol–water partition coefficient (Wildman–Crippen LogP) is 3.08. The highest BCUT2D eigenvalue weighted by Crippen LogP contribution is 2.24. The predicted molar refractivity (Wildman–Crippen MR) is 118 cm³/mol. The minimum Gasteiger partial charge on any atom is -0.450 e. The van der Waals surface area contributed by atoms with Crippen LogP contribution in [0, 0.1) is 12.7 Å². The van der Waals surface area contributed by atoms with E-state index in [0.29, 0.717) is 17.5 Å². The van der Waals surface area contributed by atoms with Crippen molar-refractivity contribution in [3.8, 4) is 0 Å². The van der Waals surface area contributed by atoms with Crippen LogP contribution in [0.3, 0.4) is 0 Å². The highest BCUT2D eigenvalue weighted by atomic mass is 32.2. The zero-order valence-electron chi connectivity index (χ0n) is 18.1. The Balaban J connectivity index is 1.99. The summed E-state index contributed by atoms with van der Waals surface area (Å²) in [4.78, 5) is 27.4. The summed E-state index contributed by atoms with van der Waals surface area (Å²) >= 11 is 0. The van der Waals surface area contributed by atoms with E-state index in [9.17, 15) is 22.4 Å². The summed E-state index contributed by atoms with van der Waals surface area (Å²) in [5.74, 6) is -0.913. The first-order valence-corrected chi connectivity index (χ1v) is 12.3. The van der Waals surface area contributed by atoms with Crippen LogP contribution in [0.15, 0.2) is 48.5 Å². The fraction of sp³-hybridized carbons (Fsp3) is 0.391. The molecule has 7 nitrogen and oxygen atoms in total. The van der Waals surface area contributed by atoms with E-state index in [1.165, 1.54) is 12.1 Å². The van der Waals surface area contributed by atoms with Gasteiger partial charge in [0, 0.05) is 18.2 Å². The first-order valence-electron chi connectivity index (χ1n) is 10.4. The molecular weight excluding hydrogens is 435 g/mol. The van der Waals surface area contributed by atoms with E-state index in [4.69, 9.17) is 4.74 Å². The fourth-order valence-corrected chi connectivity index (χ4v) is 5.47. The van der Waals surface area contributed by atoms with Crippen LogP contribution in [0.4, 0.5) is 9.18 Å². The van der Waals surface area contributed by atoms with Crippen molar-refractivity contribution >= 4 is 21.7 Å². The van der Waals surface area contributed by atoms with Gasteiger partial charge in [-0.1, -0.05) is 42.0 Å². The number of sulfone groups is 1. The molecule has 3 rings (SSSR count). The minimum absolute atomic E-state index is 0.00241. The van der Waals surface area contributed by atoms with Crippen LogP contribution >= 0.6 is 0 Å². The Bertz CT molecular complexity index is 1050. The van der Waals surface area contributed by atoms with Crippen molar-refractivity contribution in [2.75, 3.05) is 18.1 Å². The van der Waals surface area contributed by atoms with Crippen LogP contribution in [0.5, 0.6) is 0 Å². The van der Waals surface area contributed by atoms with Gasteiger partial charge in [0.25, 0.3) is 0 Å². The maximum absolute atomic E-state index is 13.5. The zero-order chi connectivity index (χ0) is 23.3. The number of halogens is 1. The third kappa shape index (κ3) is 6.14. The molecule has 1 fully saturated rings. The SMILES string of the molecule is CCOC(=O)N[C@@H](C(=O)c1ccc(C)cc1)N(Cc1ccc(F)cc1)[C@H]1CCS(=O)(=O)C1.